The van der Waals surface area contributed by atoms with Crippen LogP contribution in [0.15, 0.2) is 23.1 Å². The fourth-order valence-electron chi connectivity index (χ4n) is 4.51. The number of amides is 1. The van der Waals surface area contributed by atoms with Crippen LogP contribution >= 0.6 is 11.8 Å². The molecular formula is C21H28N4O2S. The number of nitrogens with one attached hydrogen (secondary N) is 2. The van der Waals surface area contributed by atoms with Crippen molar-refractivity contribution in [2.24, 2.45) is 18.9 Å². The number of fused-ring (bicyclic) bond motifs is 1. The number of aryl methyl sites for hydroxylation is 2. The van der Waals surface area contributed by atoms with Crippen molar-refractivity contribution < 1.29 is 4.79 Å². The van der Waals surface area contributed by atoms with Gasteiger partial charge in [0.25, 0.3) is 5.56 Å². The van der Waals surface area contributed by atoms with Crippen LogP contribution in [0.4, 0.5) is 0 Å². The summed E-state index contributed by atoms with van der Waals surface area (Å²) in [7, 11) is 1.83. The molecule has 3 heterocycles. The van der Waals surface area contributed by atoms with Crippen molar-refractivity contribution in [2.45, 2.75) is 44.5 Å². The van der Waals surface area contributed by atoms with E-state index in [-0.39, 0.29) is 28.8 Å². The van der Waals surface area contributed by atoms with Crippen molar-refractivity contribution in [2.75, 3.05) is 12.3 Å². The minimum absolute atomic E-state index is 0.0214. The highest BCUT2D eigenvalue weighted by Gasteiger charge is 2.35. The molecule has 2 aromatic heterocycles. The highest BCUT2D eigenvalue weighted by Crippen LogP contribution is 2.40. The van der Waals surface area contributed by atoms with Crippen molar-refractivity contribution in [3.63, 3.8) is 0 Å². The number of hydrogen-bond donors (Lipinski definition) is 2. The molecule has 2 aromatic rings. The summed E-state index contributed by atoms with van der Waals surface area (Å²) in [5, 5.41) is 7.39. The number of hydrogen-bond acceptors (Lipinski definition) is 5. The summed E-state index contributed by atoms with van der Waals surface area (Å²) in [6.07, 6.45) is 4.41. The minimum atomic E-state index is -0.0410. The van der Waals surface area contributed by atoms with Crippen LogP contribution in [-0.2, 0) is 11.8 Å². The third kappa shape index (κ3) is 3.70. The fraction of sp³-hybridized carbons (Fsp3) is 0.571. The molecule has 1 aliphatic heterocycles. The van der Waals surface area contributed by atoms with Gasteiger partial charge in [-0.1, -0.05) is 6.92 Å². The predicted molar refractivity (Wildman–Crippen MR) is 113 cm³/mol. The molecule has 4 atom stereocenters. The first-order valence-corrected chi connectivity index (χ1v) is 11.1. The molecule has 0 spiro atoms. The van der Waals surface area contributed by atoms with Gasteiger partial charge in [-0.15, -0.1) is 11.8 Å². The molecule has 1 saturated heterocycles. The van der Waals surface area contributed by atoms with E-state index in [9.17, 15) is 9.59 Å². The molecule has 28 heavy (non-hydrogen) atoms. The van der Waals surface area contributed by atoms with E-state index in [4.69, 9.17) is 0 Å². The van der Waals surface area contributed by atoms with Crippen LogP contribution in [-0.4, -0.2) is 33.3 Å². The maximum atomic E-state index is 13.1. The number of nitrogens with zero attached hydrogens (tertiary/aromatic N) is 2. The molecular weight excluding hydrogens is 372 g/mol. The predicted octanol–water partition coefficient (Wildman–Crippen LogP) is 2.50. The number of thioether (sulfide) groups is 1. The highest BCUT2D eigenvalue weighted by atomic mass is 32.2. The van der Waals surface area contributed by atoms with Gasteiger partial charge in [0.1, 0.15) is 5.50 Å². The first-order chi connectivity index (χ1) is 13.4. The summed E-state index contributed by atoms with van der Waals surface area (Å²) in [5.74, 6) is 1.57. The summed E-state index contributed by atoms with van der Waals surface area (Å²) in [5.41, 5.74) is 2.69. The van der Waals surface area contributed by atoms with E-state index in [0.29, 0.717) is 5.92 Å². The molecule has 1 amide bonds. The number of pyridine rings is 2. The third-order valence-corrected chi connectivity index (χ3v) is 7.29. The Morgan fingerprint density at radius 2 is 2.18 bits per heavy atom. The molecule has 0 radical (unpaired) electrons. The maximum absolute atomic E-state index is 13.1. The maximum Gasteiger partial charge on any atom is 0.254 e. The second kappa shape index (κ2) is 7.87. The van der Waals surface area contributed by atoms with Gasteiger partial charge >= 0.3 is 0 Å². The van der Waals surface area contributed by atoms with Crippen LogP contribution in [0.25, 0.3) is 10.9 Å². The van der Waals surface area contributed by atoms with Gasteiger partial charge in [-0.25, -0.2) is 0 Å². The highest BCUT2D eigenvalue weighted by molar-refractivity contribution is 8.00. The van der Waals surface area contributed by atoms with E-state index < -0.39 is 0 Å². The van der Waals surface area contributed by atoms with E-state index in [1.807, 2.05) is 32.3 Å². The lowest BCUT2D eigenvalue weighted by Gasteiger charge is -2.34. The standard InChI is InChI=1S/C21H28N4O2S/c1-12-4-5-14(19(26)24-21-22-6-7-28-21)9-16(12)17-10-15-11-23-13(2)8-18(15)25(3)20(17)27/h8,10-12,14,16,21-22H,4-7,9H2,1-3H3,(H,24,26). The minimum Gasteiger partial charge on any atom is -0.332 e. The number of carbonyl (C=O) groups excluding carboxylic acids is 1. The number of aromatic nitrogens is 2. The topological polar surface area (TPSA) is 76.0 Å². The molecule has 1 saturated carbocycles. The zero-order valence-corrected chi connectivity index (χ0v) is 17.5. The van der Waals surface area contributed by atoms with Gasteiger partial charge in [0.15, 0.2) is 0 Å². The Kier molecular flexibility index (Phi) is 5.47. The molecule has 2 aliphatic rings. The average Bonchev–Trinajstić information content (AvgIpc) is 3.18. The van der Waals surface area contributed by atoms with Gasteiger partial charge in [0, 0.05) is 48.1 Å². The lowest BCUT2D eigenvalue weighted by atomic mass is 9.71. The molecule has 2 fully saturated rings. The summed E-state index contributed by atoms with van der Waals surface area (Å²) in [4.78, 5) is 30.3. The van der Waals surface area contributed by atoms with Crippen molar-refractivity contribution in [1.82, 2.24) is 20.2 Å². The molecule has 0 bridgehead atoms. The zero-order chi connectivity index (χ0) is 19.8. The first kappa shape index (κ1) is 19.5. The molecule has 7 heteroatoms. The average molecular weight is 401 g/mol. The molecule has 4 rings (SSSR count). The zero-order valence-electron chi connectivity index (χ0n) is 16.7. The Labute approximate surface area is 169 Å². The summed E-state index contributed by atoms with van der Waals surface area (Å²) >= 11 is 1.74. The van der Waals surface area contributed by atoms with Gasteiger partial charge in [-0.2, -0.15) is 0 Å². The molecule has 1 aliphatic carbocycles. The summed E-state index contributed by atoms with van der Waals surface area (Å²) in [6, 6.07) is 3.95. The van der Waals surface area contributed by atoms with Crippen LogP contribution in [0.3, 0.4) is 0 Å². The molecule has 2 N–H and O–H groups in total. The Balaban J connectivity index is 1.61. The SMILES string of the molecule is Cc1cc2c(cn1)cc(C1CC(C(=O)NC3NCCS3)CCC1C)c(=O)n2C. The van der Waals surface area contributed by atoms with Crippen molar-refractivity contribution >= 4 is 28.6 Å². The quantitative estimate of drug-likeness (QED) is 0.828. The van der Waals surface area contributed by atoms with Gasteiger partial charge in [0.2, 0.25) is 5.91 Å². The van der Waals surface area contributed by atoms with Gasteiger partial charge in [-0.05, 0) is 50.2 Å². The van der Waals surface area contributed by atoms with Gasteiger partial charge in [0.05, 0.1) is 5.52 Å². The first-order valence-electron chi connectivity index (χ1n) is 10.1. The largest absolute Gasteiger partial charge is 0.332 e. The Morgan fingerprint density at radius 3 is 2.93 bits per heavy atom. The molecule has 0 aromatic carbocycles. The summed E-state index contributed by atoms with van der Waals surface area (Å²) in [6.45, 7) is 5.06. The van der Waals surface area contributed by atoms with Gasteiger partial charge in [-0.3, -0.25) is 19.9 Å². The number of carbonyl (C=O) groups is 1. The van der Waals surface area contributed by atoms with E-state index in [0.717, 1.165) is 53.7 Å². The van der Waals surface area contributed by atoms with Crippen LogP contribution in [0.1, 0.15) is 43.4 Å². The second-order valence-electron chi connectivity index (χ2n) is 8.16. The van der Waals surface area contributed by atoms with Crippen molar-refractivity contribution in [3.05, 3.63) is 39.9 Å². The molecule has 150 valence electrons. The van der Waals surface area contributed by atoms with Crippen LogP contribution in [0.5, 0.6) is 0 Å². The Bertz CT molecular complexity index is 951. The Hall–Kier alpha value is -1.86. The van der Waals surface area contributed by atoms with E-state index in [1.165, 1.54) is 0 Å². The fourth-order valence-corrected chi connectivity index (χ4v) is 5.42. The van der Waals surface area contributed by atoms with E-state index in [1.54, 1.807) is 16.3 Å². The van der Waals surface area contributed by atoms with Crippen LogP contribution < -0.4 is 16.2 Å². The number of rotatable bonds is 3. The van der Waals surface area contributed by atoms with Crippen molar-refractivity contribution in [3.8, 4) is 0 Å². The Morgan fingerprint density at radius 1 is 1.36 bits per heavy atom. The lowest BCUT2D eigenvalue weighted by Crippen LogP contribution is -2.44. The molecule has 4 unspecified atom stereocenters. The third-order valence-electron chi connectivity index (χ3n) is 6.23. The summed E-state index contributed by atoms with van der Waals surface area (Å²) < 4.78 is 1.73. The monoisotopic (exact) mass is 400 g/mol. The van der Waals surface area contributed by atoms with E-state index in [2.05, 4.69) is 22.5 Å². The van der Waals surface area contributed by atoms with Crippen LogP contribution in [0, 0.1) is 18.8 Å². The molecule has 6 nitrogen and oxygen atoms in total. The normalized spacial score (nSPS) is 27.8. The lowest BCUT2D eigenvalue weighted by molar-refractivity contribution is -0.126. The smallest absolute Gasteiger partial charge is 0.254 e. The van der Waals surface area contributed by atoms with Gasteiger partial charge < -0.3 is 9.88 Å². The van der Waals surface area contributed by atoms with E-state index >= 15 is 0 Å². The second-order valence-corrected chi connectivity index (χ2v) is 9.37. The van der Waals surface area contributed by atoms with Crippen LogP contribution in [0.2, 0.25) is 0 Å². The van der Waals surface area contributed by atoms with Crippen molar-refractivity contribution in [1.29, 1.82) is 0 Å².